The highest BCUT2D eigenvalue weighted by Crippen LogP contribution is 2.13. The second kappa shape index (κ2) is 6.03. The van der Waals surface area contributed by atoms with Gasteiger partial charge in [-0.15, -0.1) is 0 Å². The predicted octanol–water partition coefficient (Wildman–Crippen LogP) is 2.28. The van der Waals surface area contributed by atoms with Crippen LogP contribution in [0, 0.1) is 5.92 Å². The number of hydrogen-bond donors (Lipinski definition) is 1. The first-order valence-corrected chi connectivity index (χ1v) is 6.04. The van der Waals surface area contributed by atoms with Gasteiger partial charge < -0.3 is 10.6 Å². The first kappa shape index (κ1) is 14.0. The molecule has 17 heavy (non-hydrogen) atoms. The molecule has 0 heterocycles. The van der Waals surface area contributed by atoms with Gasteiger partial charge in [-0.2, -0.15) is 0 Å². The number of nitrogens with two attached hydrogens (primary N) is 1. The third-order valence-corrected chi connectivity index (χ3v) is 3.10. The molecule has 94 valence electrons. The summed E-state index contributed by atoms with van der Waals surface area (Å²) < 4.78 is 0. The monoisotopic (exact) mass is 254 g/mol. The van der Waals surface area contributed by atoms with E-state index in [2.05, 4.69) is 0 Å². The van der Waals surface area contributed by atoms with E-state index in [4.69, 9.17) is 17.3 Å². The van der Waals surface area contributed by atoms with Crippen molar-refractivity contribution in [3.8, 4) is 0 Å². The molecule has 0 radical (unpaired) electrons. The summed E-state index contributed by atoms with van der Waals surface area (Å²) in [5.74, 6) is -0.112. The van der Waals surface area contributed by atoms with E-state index in [0.29, 0.717) is 11.6 Å². The van der Waals surface area contributed by atoms with Crippen molar-refractivity contribution in [3.05, 3.63) is 34.9 Å². The molecule has 1 amide bonds. The van der Waals surface area contributed by atoms with Crippen molar-refractivity contribution >= 4 is 17.5 Å². The van der Waals surface area contributed by atoms with E-state index in [9.17, 15) is 4.79 Å². The van der Waals surface area contributed by atoms with Crippen molar-refractivity contribution < 1.29 is 4.79 Å². The van der Waals surface area contributed by atoms with Crippen molar-refractivity contribution in [3.63, 3.8) is 0 Å². The minimum Gasteiger partial charge on any atom is -0.341 e. The molecule has 2 unspecified atom stereocenters. The molecule has 0 aliphatic rings. The summed E-state index contributed by atoms with van der Waals surface area (Å²) in [4.78, 5) is 13.7. The maximum Gasteiger partial charge on any atom is 0.226 e. The molecule has 1 aromatic rings. The zero-order chi connectivity index (χ0) is 13.0. The molecule has 2 atom stereocenters. The van der Waals surface area contributed by atoms with Crippen molar-refractivity contribution in [1.29, 1.82) is 0 Å². The molecule has 0 spiro atoms. The van der Waals surface area contributed by atoms with Crippen LogP contribution in [0.25, 0.3) is 0 Å². The summed E-state index contributed by atoms with van der Waals surface area (Å²) >= 11 is 5.90. The average Bonchev–Trinajstić information content (AvgIpc) is 2.26. The van der Waals surface area contributed by atoms with E-state index in [0.717, 1.165) is 5.56 Å². The molecule has 4 heteroatoms. The summed E-state index contributed by atoms with van der Waals surface area (Å²) in [5, 5.41) is 0.684. The SMILES string of the molecule is CC(N)C(C)C(=O)N(C)Cc1cccc(Cl)c1. The molecule has 0 aromatic heterocycles. The van der Waals surface area contributed by atoms with Gasteiger partial charge in [0.05, 0.1) is 5.92 Å². The molecule has 1 aromatic carbocycles. The number of hydrogen-bond acceptors (Lipinski definition) is 2. The van der Waals surface area contributed by atoms with Gasteiger partial charge in [0.15, 0.2) is 0 Å². The summed E-state index contributed by atoms with van der Waals surface area (Å²) in [7, 11) is 1.78. The minimum atomic E-state index is -0.167. The summed E-state index contributed by atoms with van der Waals surface area (Å²) in [6, 6.07) is 7.38. The quantitative estimate of drug-likeness (QED) is 0.896. The van der Waals surface area contributed by atoms with Crippen LogP contribution >= 0.6 is 11.6 Å². The lowest BCUT2D eigenvalue weighted by Gasteiger charge is -2.23. The Morgan fingerprint density at radius 2 is 2.12 bits per heavy atom. The number of carbonyl (C=O) groups excluding carboxylic acids is 1. The van der Waals surface area contributed by atoms with Gasteiger partial charge in [-0.3, -0.25) is 4.79 Å². The van der Waals surface area contributed by atoms with Crippen LogP contribution in [-0.4, -0.2) is 23.9 Å². The molecule has 0 saturated heterocycles. The van der Waals surface area contributed by atoms with Gasteiger partial charge in [0.1, 0.15) is 0 Å². The van der Waals surface area contributed by atoms with E-state index >= 15 is 0 Å². The van der Waals surface area contributed by atoms with Crippen LogP contribution in [0.2, 0.25) is 5.02 Å². The topological polar surface area (TPSA) is 46.3 Å². The normalized spacial score (nSPS) is 14.2. The molecule has 0 aliphatic carbocycles. The van der Waals surface area contributed by atoms with Crippen LogP contribution in [0.15, 0.2) is 24.3 Å². The average molecular weight is 255 g/mol. The number of halogens is 1. The van der Waals surface area contributed by atoms with Crippen molar-refractivity contribution in [1.82, 2.24) is 4.90 Å². The molecule has 3 nitrogen and oxygen atoms in total. The largest absolute Gasteiger partial charge is 0.341 e. The Bertz CT molecular complexity index is 393. The van der Waals surface area contributed by atoms with E-state index in [-0.39, 0.29) is 17.9 Å². The fourth-order valence-electron chi connectivity index (χ4n) is 1.56. The Hall–Kier alpha value is -1.06. The van der Waals surface area contributed by atoms with Crippen LogP contribution < -0.4 is 5.73 Å². The Kier molecular flexibility index (Phi) is 4.97. The van der Waals surface area contributed by atoms with Gasteiger partial charge in [-0.05, 0) is 24.6 Å². The Morgan fingerprint density at radius 1 is 1.47 bits per heavy atom. The van der Waals surface area contributed by atoms with Gasteiger partial charge >= 0.3 is 0 Å². The number of nitrogens with zero attached hydrogens (tertiary/aromatic N) is 1. The molecule has 0 aliphatic heterocycles. The smallest absolute Gasteiger partial charge is 0.226 e. The third-order valence-electron chi connectivity index (χ3n) is 2.86. The predicted molar refractivity (Wildman–Crippen MR) is 70.7 cm³/mol. The van der Waals surface area contributed by atoms with Crippen LogP contribution in [0.4, 0.5) is 0 Å². The zero-order valence-corrected chi connectivity index (χ0v) is 11.2. The van der Waals surface area contributed by atoms with Gasteiger partial charge in [0.2, 0.25) is 5.91 Å². The number of benzene rings is 1. The standard InChI is InChI=1S/C13H19ClN2O/c1-9(10(2)15)13(17)16(3)8-11-5-4-6-12(14)7-11/h4-7,9-10H,8,15H2,1-3H3. The lowest BCUT2D eigenvalue weighted by atomic mass is 10.0. The van der Waals surface area contributed by atoms with Crippen molar-refractivity contribution in [2.45, 2.75) is 26.4 Å². The lowest BCUT2D eigenvalue weighted by molar-refractivity contribution is -0.134. The number of rotatable bonds is 4. The lowest BCUT2D eigenvalue weighted by Crippen LogP contribution is -2.39. The molecule has 1 rings (SSSR count). The fraction of sp³-hybridized carbons (Fsp3) is 0.462. The van der Waals surface area contributed by atoms with Gasteiger partial charge in [-0.25, -0.2) is 0 Å². The summed E-state index contributed by atoms with van der Waals surface area (Å²) in [6.07, 6.45) is 0. The zero-order valence-electron chi connectivity index (χ0n) is 10.5. The van der Waals surface area contributed by atoms with E-state index < -0.39 is 0 Å². The van der Waals surface area contributed by atoms with E-state index in [1.54, 1.807) is 11.9 Å². The van der Waals surface area contributed by atoms with Gasteiger partial charge in [0.25, 0.3) is 0 Å². The number of carbonyl (C=O) groups is 1. The second-order valence-electron chi connectivity index (χ2n) is 4.47. The van der Waals surface area contributed by atoms with Crippen molar-refractivity contribution in [2.75, 3.05) is 7.05 Å². The molecule has 0 bridgehead atoms. The first-order valence-electron chi connectivity index (χ1n) is 5.67. The highest BCUT2D eigenvalue weighted by molar-refractivity contribution is 6.30. The van der Waals surface area contributed by atoms with E-state index in [1.807, 2.05) is 38.1 Å². The fourth-order valence-corrected chi connectivity index (χ4v) is 1.77. The van der Waals surface area contributed by atoms with E-state index in [1.165, 1.54) is 0 Å². The highest BCUT2D eigenvalue weighted by Gasteiger charge is 2.20. The maximum absolute atomic E-state index is 12.0. The van der Waals surface area contributed by atoms with Gasteiger partial charge in [0, 0.05) is 24.7 Å². The molecule has 0 fully saturated rings. The second-order valence-corrected chi connectivity index (χ2v) is 4.91. The van der Waals surface area contributed by atoms with Crippen LogP contribution in [-0.2, 0) is 11.3 Å². The maximum atomic E-state index is 12.0. The molecular weight excluding hydrogens is 236 g/mol. The molecular formula is C13H19ClN2O. The highest BCUT2D eigenvalue weighted by atomic mass is 35.5. The number of amides is 1. The van der Waals surface area contributed by atoms with Crippen LogP contribution in [0.3, 0.4) is 0 Å². The van der Waals surface area contributed by atoms with Crippen molar-refractivity contribution in [2.24, 2.45) is 11.7 Å². The Labute approximate surface area is 108 Å². The minimum absolute atomic E-state index is 0.0555. The first-order chi connectivity index (χ1) is 7.91. The third kappa shape index (κ3) is 4.02. The van der Waals surface area contributed by atoms with Crippen LogP contribution in [0.1, 0.15) is 19.4 Å². The molecule has 0 saturated carbocycles. The summed E-state index contributed by atoms with van der Waals surface area (Å²) in [5.41, 5.74) is 6.74. The molecule has 2 N–H and O–H groups in total. The Morgan fingerprint density at radius 3 is 2.65 bits per heavy atom. The summed E-state index contributed by atoms with van der Waals surface area (Å²) in [6.45, 7) is 4.24. The Balaban J connectivity index is 2.66. The van der Waals surface area contributed by atoms with Crippen LogP contribution in [0.5, 0.6) is 0 Å². The van der Waals surface area contributed by atoms with Gasteiger partial charge in [-0.1, -0.05) is 30.7 Å².